The fourth-order valence-electron chi connectivity index (χ4n) is 5.78. The van der Waals surface area contributed by atoms with Crippen molar-refractivity contribution in [2.24, 2.45) is 17.8 Å². The van der Waals surface area contributed by atoms with Gasteiger partial charge in [0.1, 0.15) is 6.07 Å². The number of hydrogen-bond donors (Lipinski definition) is 0. The molecule has 2 fully saturated rings. The number of rotatable bonds is 9. The third-order valence-electron chi connectivity index (χ3n) is 7.90. The molecule has 0 spiro atoms. The van der Waals surface area contributed by atoms with Crippen LogP contribution in [0.5, 0.6) is 0 Å². The summed E-state index contributed by atoms with van der Waals surface area (Å²) in [4.78, 5) is 0. The molecule has 0 aliphatic heterocycles. The van der Waals surface area contributed by atoms with Gasteiger partial charge in [0.15, 0.2) is 5.83 Å². The molecule has 0 unspecified atom stereocenters. The van der Waals surface area contributed by atoms with Crippen LogP contribution < -0.4 is 0 Å². The quantitative estimate of drug-likeness (QED) is 0.288. The summed E-state index contributed by atoms with van der Waals surface area (Å²) in [6, 6.07) is 11.0. The smallest absolute Gasteiger partial charge is 0.195 e. The molecule has 0 aromatic heterocycles. The van der Waals surface area contributed by atoms with Crippen LogP contribution in [0.3, 0.4) is 0 Å². The van der Waals surface area contributed by atoms with Crippen LogP contribution in [0.4, 0.5) is 4.39 Å². The van der Waals surface area contributed by atoms with E-state index in [9.17, 15) is 4.39 Å². The molecule has 0 atom stereocenters. The maximum atomic E-state index is 12.9. The SMILES string of the molecule is C=C(C1CCC(CCC=C(F)C#N)CC1)C1CCC(c2ccc(CCCC)cc2)CC1. The number of aryl methyl sites for hydroxylation is 1. The molecule has 2 saturated carbocycles. The zero-order valence-corrected chi connectivity index (χ0v) is 19.4. The molecule has 0 bridgehead atoms. The van der Waals surface area contributed by atoms with Crippen LogP contribution in [0, 0.1) is 29.1 Å². The van der Waals surface area contributed by atoms with E-state index in [-0.39, 0.29) is 0 Å². The van der Waals surface area contributed by atoms with Gasteiger partial charge in [-0.2, -0.15) is 9.65 Å². The van der Waals surface area contributed by atoms with E-state index in [1.165, 1.54) is 93.4 Å². The molecule has 1 nitrogen and oxygen atoms in total. The third-order valence-corrected chi connectivity index (χ3v) is 7.90. The van der Waals surface area contributed by atoms with Crippen molar-refractivity contribution in [2.75, 3.05) is 0 Å². The molecule has 2 aliphatic carbocycles. The van der Waals surface area contributed by atoms with Gasteiger partial charge in [0.05, 0.1) is 0 Å². The van der Waals surface area contributed by atoms with E-state index in [1.54, 1.807) is 6.07 Å². The fourth-order valence-corrected chi connectivity index (χ4v) is 5.78. The van der Waals surface area contributed by atoms with Crippen molar-refractivity contribution in [2.45, 2.75) is 96.3 Å². The molecule has 0 N–H and O–H groups in total. The van der Waals surface area contributed by atoms with Crippen molar-refractivity contribution in [1.82, 2.24) is 0 Å². The number of unbranched alkanes of at least 4 members (excludes halogenated alkanes) is 1. The molecule has 1 aromatic carbocycles. The number of benzene rings is 1. The Morgan fingerprint density at radius 3 is 2.23 bits per heavy atom. The van der Waals surface area contributed by atoms with E-state index >= 15 is 0 Å². The first kappa shape index (κ1) is 23.8. The fraction of sp³-hybridized carbons (Fsp3) is 0.621. The molecule has 2 heteroatoms. The molecule has 0 heterocycles. The second-order valence-corrected chi connectivity index (χ2v) is 9.93. The van der Waals surface area contributed by atoms with E-state index in [4.69, 9.17) is 5.26 Å². The van der Waals surface area contributed by atoms with Crippen LogP contribution >= 0.6 is 0 Å². The van der Waals surface area contributed by atoms with Crippen molar-refractivity contribution < 1.29 is 4.39 Å². The Kier molecular flexibility index (Phi) is 9.38. The summed E-state index contributed by atoms with van der Waals surface area (Å²) in [7, 11) is 0. The molecule has 2 aliphatic rings. The lowest BCUT2D eigenvalue weighted by molar-refractivity contribution is 0.260. The molecular formula is C29H40FN. The number of nitrogens with zero attached hydrogens (tertiary/aromatic N) is 1. The van der Waals surface area contributed by atoms with Gasteiger partial charge in [0.2, 0.25) is 0 Å². The minimum absolute atomic E-state index is 0.634. The summed E-state index contributed by atoms with van der Waals surface area (Å²) >= 11 is 0. The van der Waals surface area contributed by atoms with Gasteiger partial charge in [-0.3, -0.25) is 0 Å². The summed E-state index contributed by atoms with van der Waals surface area (Å²) in [5.74, 6) is 2.16. The summed E-state index contributed by atoms with van der Waals surface area (Å²) in [5.41, 5.74) is 4.53. The topological polar surface area (TPSA) is 23.8 Å². The maximum absolute atomic E-state index is 12.9. The summed E-state index contributed by atoms with van der Waals surface area (Å²) < 4.78 is 12.9. The van der Waals surface area contributed by atoms with Crippen LogP contribution in [0.15, 0.2) is 48.3 Å². The van der Waals surface area contributed by atoms with Crippen LogP contribution in [-0.2, 0) is 6.42 Å². The molecule has 0 saturated heterocycles. The van der Waals surface area contributed by atoms with Gasteiger partial charge in [-0.15, -0.1) is 0 Å². The second-order valence-electron chi connectivity index (χ2n) is 9.93. The predicted molar refractivity (Wildman–Crippen MR) is 128 cm³/mol. The van der Waals surface area contributed by atoms with Gasteiger partial charge in [-0.05, 0) is 118 Å². The van der Waals surface area contributed by atoms with Crippen molar-refractivity contribution in [3.63, 3.8) is 0 Å². The van der Waals surface area contributed by atoms with Gasteiger partial charge in [-0.1, -0.05) is 49.8 Å². The van der Waals surface area contributed by atoms with Gasteiger partial charge in [0, 0.05) is 0 Å². The van der Waals surface area contributed by atoms with Gasteiger partial charge < -0.3 is 0 Å². The highest BCUT2D eigenvalue weighted by molar-refractivity contribution is 5.26. The number of allylic oxidation sites excluding steroid dienone is 3. The standard InChI is InChI=1S/C29H40FN/c1-3-4-6-23-11-15-27(16-12-23)28-19-17-26(18-20-28)22(2)25-13-9-24(10-14-25)7-5-8-29(30)21-31/h8,11-12,15-16,24-26,28H,2-7,9-10,13-14,17-20H2,1H3. The monoisotopic (exact) mass is 421 g/mol. The van der Waals surface area contributed by atoms with E-state index in [0.29, 0.717) is 24.2 Å². The van der Waals surface area contributed by atoms with Crippen LogP contribution in [0.2, 0.25) is 0 Å². The summed E-state index contributed by atoms with van der Waals surface area (Å²) in [5, 5.41) is 8.51. The highest BCUT2D eigenvalue weighted by atomic mass is 19.1. The molecular weight excluding hydrogens is 381 g/mol. The van der Waals surface area contributed by atoms with Gasteiger partial charge >= 0.3 is 0 Å². The van der Waals surface area contributed by atoms with Crippen molar-refractivity contribution in [1.29, 1.82) is 5.26 Å². The lowest BCUT2D eigenvalue weighted by atomic mass is 9.69. The van der Waals surface area contributed by atoms with E-state index in [1.807, 2.05) is 0 Å². The van der Waals surface area contributed by atoms with E-state index in [2.05, 4.69) is 37.8 Å². The third kappa shape index (κ3) is 7.06. The Labute approximate surface area is 189 Å². The van der Waals surface area contributed by atoms with Crippen LogP contribution in [0.25, 0.3) is 0 Å². The average Bonchev–Trinajstić information content (AvgIpc) is 2.83. The van der Waals surface area contributed by atoms with E-state index in [0.717, 1.165) is 12.3 Å². The molecule has 3 rings (SSSR count). The minimum Gasteiger partial charge on any atom is -0.195 e. The Morgan fingerprint density at radius 1 is 1.03 bits per heavy atom. The van der Waals surface area contributed by atoms with Gasteiger partial charge in [-0.25, -0.2) is 0 Å². The Morgan fingerprint density at radius 2 is 1.65 bits per heavy atom. The summed E-state index contributed by atoms with van der Waals surface area (Å²) in [6.07, 6.45) is 17.0. The van der Waals surface area contributed by atoms with E-state index < -0.39 is 5.83 Å². The van der Waals surface area contributed by atoms with Gasteiger partial charge in [0.25, 0.3) is 0 Å². The largest absolute Gasteiger partial charge is 0.196 e. The normalized spacial score (nSPS) is 26.9. The first-order valence-electron chi connectivity index (χ1n) is 12.6. The Hall–Kier alpha value is -1.88. The lowest BCUT2D eigenvalue weighted by Crippen LogP contribution is -2.22. The number of halogens is 1. The molecule has 0 radical (unpaired) electrons. The zero-order valence-electron chi connectivity index (χ0n) is 19.4. The zero-order chi connectivity index (χ0) is 22.1. The molecule has 168 valence electrons. The first-order chi connectivity index (χ1) is 15.1. The number of hydrogen-bond acceptors (Lipinski definition) is 1. The average molecular weight is 422 g/mol. The van der Waals surface area contributed by atoms with Crippen molar-refractivity contribution in [3.05, 3.63) is 59.4 Å². The number of nitriles is 1. The first-order valence-corrected chi connectivity index (χ1v) is 12.6. The predicted octanol–water partition coefficient (Wildman–Crippen LogP) is 8.82. The van der Waals surface area contributed by atoms with Crippen LogP contribution in [0.1, 0.15) is 101 Å². The highest BCUT2D eigenvalue weighted by Crippen LogP contribution is 2.44. The molecule has 1 aromatic rings. The second kappa shape index (κ2) is 12.2. The van der Waals surface area contributed by atoms with Crippen LogP contribution in [-0.4, -0.2) is 0 Å². The lowest BCUT2D eigenvalue weighted by Gasteiger charge is -2.36. The molecule has 0 amide bonds. The summed E-state index contributed by atoms with van der Waals surface area (Å²) in [6.45, 7) is 6.82. The maximum Gasteiger partial charge on any atom is 0.196 e. The van der Waals surface area contributed by atoms with Crippen molar-refractivity contribution >= 4 is 0 Å². The molecule has 31 heavy (non-hydrogen) atoms. The highest BCUT2D eigenvalue weighted by Gasteiger charge is 2.29. The Balaban J connectivity index is 1.40. The van der Waals surface area contributed by atoms with Crippen molar-refractivity contribution in [3.8, 4) is 6.07 Å². The Bertz CT molecular complexity index is 753. The minimum atomic E-state index is -0.634.